The number of carbonyl (C=O) groups excluding carboxylic acids is 1. The molecule has 0 aliphatic carbocycles. The van der Waals surface area contributed by atoms with Gasteiger partial charge in [0.15, 0.2) is 0 Å². The van der Waals surface area contributed by atoms with Gasteiger partial charge in [-0.05, 0) is 39.1 Å². The highest BCUT2D eigenvalue weighted by atomic mass is 32.2. The smallest absolute Gasteiger partial charge is 0.309 e. The predicted molar refractivity (Wildman–Crippen MR) is 59.3 cm³/mol. The third-order valence-electron chi connectivity index (χ3n) is 2.52. The zero-order valence-corrected chi connectivity index (χ0v) is 9.81. The quantitative estimate of drug-likeness (QED) is 0.669. The fourth-order valence-corrected chi connectivity index (χ4v) is 2.36. The highest BCUT2D eigenvalue weighted by Gasteiger charge is 2.25. The number of thioether (sulfide) groups is 1. The van der Waals surface area contributed by atoms with Crippen LogP contribution in [0.3, 0.4) is 0 Å². The van der Waals surface area contributed by atoms with Gasteiger partial charge < -0.3 is 4.74 Å². The van der Waals surface area contributed by atoms with Gasteiger partial charge in [0.1, 0.15) is 0 Å². The van der Waals surface area contributed by atoms with Gasteiger partial charge in [-0.25, -0.2) is 0 Å². The maximum absolute atomic E-state index is 11.4. The zero-order chi connectivity index (χ0) is 10.4. The number of nitrogens with zero attached hydrogens (tertiary/aromatic N) is 1. The van der Waals surface area contributed by atoms with Crippen molar-refractivity contribution in [1.82, 2.24) is 4.90 Å². The van der Waals surface area contributed by atoms with E-state index in [0.717, 1.165) is 31.8 Å². The lowest BCUT2D eigenvalue weighted by molar-refractivity contribution is -0.149. The van der Waals surface area contributed by atoms with Crippen LogP contribution in [0.4, 0.5) is 0 Å². The maximum atomic E-state index is 11.4. The lowest BCUT2D eigenvalue weighted by Crippen LogP contribution is -2.36. The molecule has 0 aromatic carbocycles. The van der Waals surface area contributed by atoms with Crippen molar-refractivity contribution in [3.63, 3.8) is 0 Å². The highest BCUT2D eigenvalue weighted by molar-refractivity contribution is 7.98. The van der Waals surface area contributed by atoms with Gasteiger partial charge in [0.05, 0.1) is 12.5 Å². The summed E-state index contributed by atoms with van der Waals surface area (Å²) in [7, 11) is 0. The second kappa shape index (κ2) is 6.30. The molecule has 14 heavy (non-hydrogen) atoms. The first-order chi connectivity index (χ1) is 6.77. The minimum absolute atomic E-state index is 0.00342. The molecule has 0 radical (unpaired) electrons. The monoisotopic (exact) mass is 217 g/mol. The standard InChI is InChI=1S/C10H19NO2S/c1-3-13-10(12)9-4-6-11(7-5-9)8-14-2/h9H,3-8H2,1-2H3. The lowest BCUT2D eigenvalue weighted by atomic mass is 9.97. The Morgan fingerprint density at radius 2 is 2.14 bits per heavy atom. The summed E-state index contributed by atoms with van der Waals surface area (Å²) in [6, 6.07) is 0. The summed E-state index contributed by atoms with van der Waals surface area (Å²) in [6.45, 7) is 4.43. The van der Waals surface area contributed by atoms with E-state index < -0.39 is 0 Å². The lowest BCUT2D eigenvalue weighted by Gasteiger charge is -2.29. The number of piperidine rings is 1. The SMILES string of the molecule is CCOC(=O)C1CCN(CSC)CC1. The summed E-state index contributed by atoms with van der Waals surface area (Å²) < 4.78 is 5.01. The van der Waals surface area contributed by atoms with Crippen molar-refractivity contribution in [2.45, 2.75) is 19.8 Å². The molecule has 1 aliphatic rings. The van der Waals surface area contributed by atoms with E-state index >= 15 is 0 Å². The van der Waals surface area contributed by atoms with Crippen LogP contribution in [-0.4, -0.2) is 42.7 Å². The van der Waals surface area contributed by atoms with E-state index in [1.54, 1.807) is 0 Å². The maximum Gasteiger partial charge on any atom is 0.309 e. The van der Waals surface area contributed by atoms with Crippen molar-refractivity contribution in [3.05, 3.63) is 0 Å². The number of carbonyl (C=O) groups is 1. The number of ether oxygens (including phenoxy) is 1. The second-order valence-corrected chi connectivity index (χ2v) is 4.40. The molecule has 4 heteroatoms. The molecule has 1 rings (SSSR count). The van der Waals surface area contributed by atoms with E-state index in [0.29, 0.717) is 6.61 Å². The third kappa shape index (κ3) is 3.50. The molecule has 1 fully saturated rings. The number of hydrogen-bond acceptors (Lipinski definition) is 4. The fraction of sp³-hybridized carbons (Fsp3) is 0.900. The third-order valence-corrected chi connectivity index (χ3v) is 3.14. The Hall–Kier alpha value is -0.220. The first-order valence-corrected chi connectivity index (χ1v) is 6.55. The summed E-state index contributed by atoms with van der Waals surface area (Å²) in [5, 5.41) is 0. The Balaban J connectivity index is 2.24. The number of hydrogen-bond donors (Lipinski definition) is 0. The number of rotatable bonds is 4. The average Bonchev–Trinajstić information content (AvgIpc) is 2.20. The molecule has 1 aliphatic heterocycles. The van der Waals surface area contributed by atoms with Crippen LogP contribution in [-0.2, 0) is 9.53 Å². The largest absolute Gasteiger partial charge is 0.466 e. The van der Waals surface area contributed by atoms with Crippen molar-refractivity contribution in [3.8, 4) is 0 Å². The van der Waals surface area contributed by atoms with Crippen molar-refractivity contribution in [2.75, 3.05) is 31.8 Å². The zero-order valence-electron chi connectivity index (χ0n) is 8.99. The van der Waals surface area contributed by atoms with Crippen molar-refractivity contribution >= 4 is 17.7 Å². The van der Waals surface area contributed by atoms with Gasteiger partial charge in [-0.2, -0.15) is 0 Å². The molecule has 0 bridgehead atoms. The van der Waals surface area contributed by atoms with Crippen LogP contribution >= 0.6 is 11.8 Å². The van der Waals surface area contributed by atoms with Crippen molar-refractivity contribution < 1.29 is 9.53 Å². The summed E-state index contributed by atoms with van der Waals surface area (Å²) in [5.74, 6) is 1.22. The summed E-state index contributed by atoms with van der Waals surface area (Å²) in [5.41, 5.74) is 0. The minimum atomic E-state index is -0.00342. The van der Waals surface area contributed by atoms with E-state index in [4.69, 9.17) is 4.74 Å². The van der Waals surface area contributed by atoms with Gasteiger partial charge in [0, 0.05) is 5.88 Å². The van der Waals surface area contributed by atoms with Crippen LogP contribution in [0.2, 0.25) is 0 Å². The Morgan fingerprint density at radius 3 is 2.64 bits per heavy atom. The molecule has 0 N–H and O–H groups in total. The predicted octanol–water partition coefficient (Wildman–Crippen LogP) is 1.58. The van der Waals surface area contributed by atoms with Crippen LogP contribution in [0.25, 0.3) is 0 Å². The van der Waals surface area contributed by atoms with E-state index in [1.165, 1.54) is 0 Å². The first kappa shape index (κ1) is 11.9. The van der Waals surface area contributed by atoms with Crippen LogP contribution in [0.5, 0.6) is 0 Å². The fourth-order valence-electron chi connectivity index (χ4n) is 1.74. The Bertz CT molecular complexity index is 179. The molecule has 0 spiro atoms. The molecule has 1 saturated heterocycles. The Kier molecular flexibility index (Phi) is 5.33. The second-order valence-electron chi connectivity index (χ2n) is 3.56. The Morgan fingerprint density at radius 1 is 1.50 bits per heavy atom. The number of likely N-dealkylation sites (tertiary alicyclic amines) is 1. The van der Waals surface area contributed by atoms with Gasteiger partial charge in [0.2, 0.25) is 0 Å². The topological polar surface area (TPSA) is 29.5 Å². The van der Waals surface area contributed by atoms with Gasteiger partial charge in [-0.1, -0.05) is 0 Å². The van der Waals surface area contributed by atoms with E-state index in [-0.39, 0.29) is 11.9 Å². The minimum Gasteiger partial charge on any atom is -0.466 e. The van der Waals surface area contributed by atoms with E-state index in [1.807, 2.05) is 18.7 Å². The van der Waals surface area contributed by atoms with E-state index in [9.17, 15) is 4.79 Å². The van der Waals surface area contributed by atoms with Crippen LogP contribution in [0.1, 0.15) is 19.8 Å². The Labute approximate surface area is 90.2 Å². The molecular formula is C10H19NO2S. The molecule has 0 atom stereocenters. The molecule has 82 valence electrons. The molecule has 0 saturated carbocycles. The summed E-state index contributed by atoms with van der Waals surface area (Å²) in [6.07, 6.45) is 4.02. The van der Waals surface area contributed by atoms with Gasteiger partial charge >= 0.3 is 5.97 Å². The van der Waals surface area contributed by atoms with Crippen LogP contribution in [0.15, 0.2) is 0 Å². The van der Waals surface area contributed by atoms with Gasteiger partial charge in [-0.3, -0.25) is 9.69 Å². The highest BCUT2D eigenvalue weighted by Crippen LogP contribution is 2.19. The van der Waals surface area contributed by atoms with E-state index in [2.05, 4.69) is 11.2 Å². The van der Waals surface area contributed by atoms with Crippen molar-refractivity contribution in [1.29, 1.82) is 0 Å². The summed E-state index contributed by atoms with van der Waals surface area (Å²) in [4.78, 5) is 13.8. The molecule has 0 aromatic heterocycles. The van der Waals surface area contributed by atoms with Gasteiger partial charge in [0.25, 0.3) is 0 Å². The molecule has 3 nitrogen and oxygen atoms in total. The van der Waals surface area contributed by atoms with Crippen LogP contribution < -0.4 is 0 Å². The average molecular weight is 217 g/mol. The molecule has 0 aromatic rings. The van der Waals surface area contributed by atoms with Gasteiger partial charge in [-0.15, -0.1) is 11.8 Å². The molecule has 1 heterocycles. The molecule has 0 amide bonds. The number of esters is 1. The molecule has 0 unspecified atom stereocenters. The molecular weight excluding hydrogens is 198 g/mol. The summed E-state index contributed by atoms with van der Waals surface area (Å²) >= 11 is 1.84. The first-order valence-electron chi connectivity index (χ1n) is 5.15. The van der Waals surface area contributed by atoms with Crippen molar-refractivity contribution in [2.24, 2.45) is 5.92 Å². The normalized spacial score (nSPS) is 19.6. The van der Waals surface area contributed by atoms with Crippen LogP contribution in [0, 0.1) is 5.92 Å².